The number of hydrogen-bond donors (Lipinski definition) is 0. The molecule has 0 radical (unpaired) electrons. The molecule has 0 spiro atoms. The first-order valence-electron chi connectivity index (χ1n) is 8.33. The van der Waals surface area contributed by atoms with Gasteiger partial charge in [-0.25, -0.2) is 0 Å². The molecule has 0 aromatic carbocycles. The van der Waals surface area contributed by atoms with Gasteiger partial charge in [-0.1, -0.05) is 0 Å². The molecule has 5 atom stereocenters. The van der Waals surface area contributed by atoms with Crippen LogP contribution in [-0.2, 0) is 4.79 Å². The lowest BCUT2D eigenvalue weighted by atomic mass is 9.67. The average Bonchev–Trinajstić information content (AvgIpc) is 2.40. The molecule has 106 valence electrons. The van der Waals surface area contributed by atoms with Crippen molar-refractivity contribution in [1.29, 1.82) is 0 Å². The predicted octanol–water partition coefficient (Wildman–Crippen LogP) is 2.02. The minimum absolute atomic E-state index is 0.458. The van der Waals surface area contributed by atoms with E-state index in [4.69, 9.17) is 0 Å². The molecular formula is C16H27N2O+. The summed E-state index contributed by atoms with van der Waals surface area (Å²) in [5.74, 6) is 2.06. The topological polar surface area (TPSA) is 20.3 Å². The summed E-state index contributed by atoms with van der Waals surface area (Å²) in [6, 6.07) is 1.47. The number of piperidine rings is 4. The fourth-order valence-electron chi connectivity index (χ4n) is 5.98. The second kappa shape index (κ2) is 4.21. The number of quaternary nitrogens is 1. The molecule has 1 amide bonds. The number of fused-ring (bicyclic) bond motifs is 2. The van der Waals surface area contributed by atoms with Gasteiger partial charge in [-0.3, -0.25) is 4.79 Å². The summed E-state index contributed by atoms with van der Waals surface area (Å²) in [5, 5.41) is 0. The Morgan fingerprint density at radius 3 is 2.74 bits per heavy atom. The van der Waals surface area contributed by atoms with E-state index in [0.717, 1.165) is 37.3 Å². The van der Waals surface area contributed by atoms with Crippen LogP contribution in [0.5, 0.6) is 0 Å². The summed E-state index contributed by atoms with van der Waals surface area (Å²) in [4.78, 5) is 14.6. The van der Waals surface area contributed by atoms with Crippen molar-refractivity contribution in [3.8, 4) is 0 Å². The SMILES string of the molecule is C[N+]12CCC[C@@H]3CN4C(=O)CCC[C@H]4[C@H](CCC1)[C@@H]32. The number of amides is 1. The van der Waals surface area contributed by atoms with Gasteiger partial charge < -0.3 is 9.38 Å². The minimum Gasteiger partial charge on any atom is -0.339 e. The summed E-state index contributed by atoms with van der Waals surface area (Å²) >= 11 is 0. The van der Waals surface area contributed by atoms with E-state index in [1.807, 2.05) is 0 Å². The highest BCUT2D eigenvalue weighted by Gasteiger charge is 2.56. The monoisotopic (exact) mass is 263 g/mol. The molecule has 0 N–H and O–H groups in total. The minimum atomic E-state index is 0.458. The number of nitrogens with zero attached hydrogens (tertiary/aromatic N) is 2. The van der Waals surface area contributed by atoms with Crippen molar-refractivity contribution in [1.82, 2.24) is 4.90 Å². The Morgan fingerprint density at radius 2 is 1.89 bits per heavy atom. The van der Waals surface area contributed by atoms with Crippen molar-refractivity contribution in [2.45, 2.75) is 57.0 Å². The Morgan fingerprint density at radius 1 is 1.11 bits per heavy atom. The highest BCUT2D eigenvalue weighted by Crippen LogP contribution is 2.47. The highest BCUT2D eigenvalue weighted by molar-refractivity contribution is 5.77. The van der Waals surface area contributed by atoms with Gasteiger partial charge in [0, 0.05) is 30.8 Å². The normalized spacial score (nSPS) is 49.5. The van der Waals surface area contributed by atoms with E-state index in [2.05, 4.69) is 11.9 Å². The molecule has 4 aliphatic heterocycles. The van der Waals surface area contributed by atoms with E-state index in [1.165, 1.54) is 49.7 Å². The maximum Gasteiger partial charge on any atom is 0.222 e. The molecule has 4 fully saturated rings. The van der Waals surface area contributed by atoms with Crippen molar-refractivity contribution in [3.05, 3.63) is 0 Å². The quantitative estimate of drug-likeness (QED) is 0.612. The third kappa shape index (κ3) is 1.70. The van der Waals surface area contributed by atoms with Crippen LogP contribution in [0.15, 0.2) is 0 Å². The molecule has 0 aliphatic carbocycles. The Hall–Kier alpha value is -0.570. The summed E-state index contributed by atoms with van der Waals surface area (Å²) in [6.07, 6.45) is 8.72. The fourth-order valence-corrected chi connectivity index (χ4v) is 5.98. The van der Waals surface area contributed by atoms with Gasteiger partial charge in [0.05, 0.1) is 26.2 Å². The van der Waals surface area contributed by atoms with Crippen LogP contribution in [0.3, 0.4) is 0 Å². The number of hydrogen-bond acceptors (Lipinski definition) is 1. The largest absolute Gasteiger partial charge is 0.339 e. The van der Waals surface area contributed by atoms with Crippen molar-refractivity contribution >= 4 is 5.91 Å². The lowest BCUT2D eigenvalue weighted by Gasteiger charge is -2.61. The van der Waals surface area contributed by atoms with Gasteiger partial charge in [-0.05, 0) is 38.5 Å². The zero-order valence-electron chi connectivity index (χ0n) is 12.2. The van der Waals surface area contributed by atoms with Crippen LogP contribution in [0, 0.1) is 11.8 Å². The smallest absolute Gasteiger partial charge is 0.222 e. The second-order valence-electron chi connectivity index (χ2n) is 7.63. The van der Waals surface area contributed by atoms with E-state index in [0.29, 0.717) is 11.9 Å². The summed E-state index contributed by atoms with van der Waals surface area (Å²) < 4.78 is 1.33. The molecule has 0 saturated carbocycles. The summed E-state index contributed by atoms with van der Waals surface area (Å²) in [7, 11) is 2.50. The van der Waals surface area contributed by atoms with Crippen LogP contribution in [0.4, 0.5) is 0 Å². The Kier molecular flexibility index (Phi) is 2.70. The van der Waals surface area contributed by atoms with Crippen LogP contribution >= 0.6 is 0 Å². The van der Waals surface area contributed by atoms with E-state index in [9.17, 15) is 4.79 Å². The third-order valence-corrected chi connectivity index (χ3v) is 6.63. The van der Waals surface area contributed by atoms with E-state index < -0.39 is 0 Å². The van der Waals surface area contributed by atoms with Gasteiger partial charge in [0.1, 0.15) is 0 Å². The van der Waals surface area contributed by atoms with Crippen molar-refractivity contribution < 1.29 is 9.28 Å². The molecule has 3 nitrogen and oxygen atoms in total. The Bertz CT molecular complexity index is 392. The molecule has 0 aromatic rings. The molecule has 1 unspecified atom stereocenters. The summed E-state index contributed by atoms with van der Waals surface area (Å²) in [5.41, 5.74) is 0. The number of carbonyl (C=O) groups excluding carboxylic acids is 1. The summed E-state index contributed by atoms with van der Waals surface area (Å²) in [6.45, 7) is 3.86. The van der Waals surface area contributed by atoms with Gasteiger partial charge in [0.15, 0.2) is 0 Å². The zero-order chi connectivity index (χ0) is 13.0. The van der Waals surface area contributed by atoms with E-state index in [1.54, 1.807) is 0 Å². The molecule has 4 aliphatic rings. The van der Waals surface area contributed by atoms with Gasteiger partial charge in [-0.2, -0.15) is 0 Å². The highest BCUT2D eigenvalue weighted by atomic mass is 16.2. The van der Waals surface area contributed by atoms with Gasteiger partial charge in [0.2, 0.25) is 5.91 Å². The van der Waals surface area contributed by atoms with Crippen LogP contribution < -0.4 is 0 Å². The van der Waals surface area contributed by atoms with Gasteiger partial charge >= 0.3 is 0 Å². The number of carbonyl (C=O) groups is 1. The second-order valence-corrected chi connectivity index (χ2v) is 7.63. The van der Waals surface area contributed by atoms with Crippen molar-refractivity contribution in [2.24, 2.45) is 11.8 Å². The Labute approximate surface area is 116 Å². The Balaban J connectivity index is 1.69. The maximum absolute atomic E-state index is 12.3. The molecule has 4 rings (SSSR count). The standard InChI is InChI=1S/C16H27N2O/c1-18-9-3-5-12-11-17-14(7-2-8-15(17)19)13(16(12)18)6-4-10-18/h12-14,16H,2-11H2,1H3/q+1/t12-,13+,14+,16-,18?/m1/s1. The molecular weight excluding hydrogens is 236 g/mol. The predicted molar refractivity (Wildman–Crippen MR) is 74.5 cm³/mol. The van der Waals surface area contributed by atoms with Gasteiger partial charge in [-0.15, -0.1) is 0 Å². The maximum atomic E-state index is 12.3. The molecule has 4 saturated heterocycles. The fraction of sp³-hybridized carbons (Fsp3) is 0.938. The first-order chi connectivity index (χ1) is 9.19. The van der Waals surface area contributed by atoms with Crippen molar-refractivity contribution in [2.75, 3.05) is 26.7 Å². The van der Waals surface area contributed by atoms with Crippen LogP contribution in [0.2, 0.25) is 0 Å². The first-order valence-corrected chi connectivity index (χ1v) is 8.33. The van der Waals surface area contributed by atoms with E-state index in [-0.39, 0.29) is 0 Å². The van der Waals surface area contributed by atoms with Gasteiger partial charge in [0.25, 0.3) is 0 Å². The molecule has 19 heavy (non-hydrogen) atoms. The molecule has 3 heteroatoms. The van der Waals surface area contributed by atoms with Crippen LogP contribution in [0.25, 0.3) is 0 Å². The van der Waals surface area contributed by atoms with Crippen LogP contribution in [0.1, 0.15) is 44.9 Å². The zero-order valence-corrected chi connectivity index (χ0v) is 12.2. The third-order valence-electron chi connectivity index (χ3n) is 6.63. The molecule has 0 bridgehead atoms. The van der Waals surface area contributed by atoms with Crippen molar-refractivity contribution in [3.63, 3.8) is 0 Å². The van der Waals surface area contributed by atoms with E-state index >= 15 is 0 Å². The lowest BCUT2D eigenvalue weighted by molar-refractivity contribution is -0.952. The lowest BCUT2D eigenvalue weighted by Crippen LogP contribution is -2.72. The average molecular weight is 263 g/mol. The molecule has 0 aromatic heterocycles. The first kappa shape index (κ1) is 12.2. The molecule has 4 heterocycles. The number of rotatable bonds is 0. The van der Waals surface area contributed by atoms with Crippen LogP contribution in [-0.4, -0.2) is 54.1 Å².